The number of aryl methyl sites for hydroxylation is 1. The number of rotatable bonds is 8. The van der Waals surface area contributed by atoms with Crippen molar-refractivity contribution in [2.75, 3.05) is 23.3 Å². The minimum Gasteiger partial charge on any atom is -0.364 e. The zero-order chi connectivity index (χ0) is 25.4. The number of carbonyl (C=O) groups is 2. The molecule has 2 aliphatic rings. The lowest BCUT2D eigenvalue weighted by Crippen LogP contribution is -2.48. The van der Waals surface area contributed by atoms with Crippen molar-refractivity contribution < 1.29 is 18.4 Å². The topological polar surface area (TPSA) is 119 Å². The van der Waals surface area contributed by atoms with Crippen LogP contribution in [0.15, 0.2) is 42.9 Å². The Labute approximate surface area is 206 Å². The highest BCUT2D eigenvalue weighted by Gasteiger charge is 2.45. The first-order valence-electron chi connectivity index (χ1n) is 11.9. The Morgan fingerprint density at radius 1 is 1.19 bits per heavy atom. The second-order valence-electron chi connectivity index (χ2n) is 9.49. The monoisotopic (exact) mass is 495 g/mol. The van der Waals surface area contributed by atoms with E-state index in [-0.39, 0.29) is 36.8 Å². The highest BCUT2D eigenvalue weighted by molar-refractivity contribution is 5.97. The number of alkyl halides is 2. The Bertz CT molecular complexity index is 1290. The molecule has 0 radical (unpaired) electrons. The summed E-state index contributed by atoms with van der Waals surface area (Å²) in [4.78, 5) is 35.0. The number of hydrogen-bond acceptors (Lipinski definition) is 7. The standard InChI is InChI=1S/C25H27F2N7O2/c1-33-14-19(11-30-33)31-24-22(23(28)36)29-12-21(32-24)34-9-8-25(26,27)18(13-34)10-20(35)17-6-4-16(5-7-17)15-2-3-15/h4-7,11-12,14-15,18H,2-3,8-10,13H2,1H3,(H2,28,36)(H,31,32)/t18-/m1/s1. The molecule has 1 aliphatic carbocycles. The van der Waals surface area contributed by atoms with Crippen LogP contribution in [-0.4, -0.2) is 50.5 Å². The molecule has 2 aromatic heterocycles. The molecule has 36 heavy (non-hydrogen) atoms. The summed E-state index contributed by atoms with van der Waals surface area (Å²) in [6, 6.07) is 7.31. The molecule has 188 valence electrons. The van der Waals surface area contributed by atoms with Crippen LogP contribution in [-0.2, 0) is 7.05 Å². The third kappa shape index (κ3) is 5.05. The highest BCUT2D eigenvalue weighted by Crippen LogP contribution is 2.40. The third-order valence-corrected chi connectivity index (χ3v) is 6.75. The molecular weight excluding hydrogens is 468 g/mol. The molecule has 9 nitrogen and oxygen atoms in total. The number of Topliss-reactive ketones (excluding diaryl/α,β-unsaturated/α-hetero) is 1. The largest absolute Gasteiger partial charge is 0.364 e. The van der Waals surface area contributed by atoms with Gasteiger partial charge in [-0.1, -0.05) is 24.3 Å². The molecule has 1 amide bonds. The summed E-state index contributed by atoms with van der Waals surface area (Å²) in [6.07, 6.45) is 6.17. The van der Waals surface area contributed by atoms with Crippen molar-refractivity contribution in [3.05, 3.63) is 59.7 Å². The maximum Gasteiger partial charge on any atom is 0.271 e. The summed E-state index contributed by atoms with van der Waals surface area (Å²) >= 11 is 0. The summed E-state index contributed by atoms with van der Waals surface area (Å²) < 4.78 is 31.3. The molecule has 3 heterocycles. The molecule has 5 rings (SSSR count). The Morgan fingerprint density at radius 2 is 1.94 bits per heavy atom. The van der Waals surface area contributed by atoms with Gasteiger partial charge in [-0.15, -0.1) is 0 Å². The van der Waals surface area contributed by atoms with Gasteiger partial charge in [0.1, 0.15) is 5.82 Å². The molecule has 3 aromatic rings. The first-order chi connectivity index (χ1) is 17.2. The molecular formula is C25H27F2N7O2. The summed E-state index contributed by atoms with van der Waals surface area (Å²) in [7, 11) is 1.74. The Hall–Kier alpha value is -3.89. The van der Waals surface area contributed by atoms with Gasteiger partial charge >= 0.3 is 0 Å². The van der Waals surface area contributed by atoms with E-state index in [4.69, 9.17) is 5.73 Å². The number of ketones is 1. The van der Waals surface area contributed by atoms with Gasteiger partial charge in [0, 0.05) is 50.7 Å². The van der Waals surface area contributed by atoms with Crippen molar-refractivity contribution >= 4 is 29.0 Å². The Balaban J connectivity index is 1.34. The number of nitrogens with two attached hydrogens (primary N) is 1. The van der Waals surface area contributed by atoms with E-state index in [1.54, 1.807) is 41.2 Å². The summed E-state index contributed by atoms with van der Waals surface area (Å²) in [5, 5.41) is 7.02. The minimum absolute atomic E-state index is 0.0324. The fourth-order valence-electron chi connectivity index (χ4n) is 4.52. The first kappa shape index (κ1) is 23.8. The fourth-order valence-corrected chi connectivity index (χ4v) is 4.52. The highest BCUT2D eigenvalue weighted by atomic mass is 19.3. The number of anilines is 3. The molecule has 1 aromatic carbocycles. The second-order valence-corrected chi connectivity index (χ2v) is 9.49. The molecule has 1 saturated heterocycles. The summed E-state index contributed by atoms with van der Waals surface area (Å²) in [5.41, 5.74) is 7.57. The van der Waals surface area contributed by atoms with E-state index in [0.717, 1.165) is 12.8 Å². The van der Waals surface area contributed by atoms with E-state index in [1.165, 1.54) is 11.8 Å². The van der Waals surface area contributed by atoms with E-state index in [1.807, 2.05) is 12.1 Å². The normalized spacial score (nSPS) is 19.2. The van der Waals surface area contributed by atoms with Gasteiger partial charge in [-0.2, -0.15) is 5.10 Å². The lowest BCUT2D eigenvalue weighted by atomic mass is 9.87. The van der Waals surface area contributed by atoms with Gasteiger partial charge in [-0.05, 0) is 24.3 Å². The van der Waals surface area contributed by atoms with Crippen LogP contribution in [0.4, 0.5) is 26.1 Å². The van der Waals surface area contributed by atoms with Crippen molar-refractivity contribution in [1.82, 2.24) is 19.7 Å². The van der Waals surface area contributed by atoms with Crippen LogP contribution in [0.5, 0.6) is 0 Å². The Kier molecular flexibility index (Phi) is 6.15. The Morgan fingerprint density at radius 3 is 2.58 bits per heavy atom. The third-order valence-electron chi connectivity index (χ3n) is 6.75. The number of nitrogens with zero attached hydrogens (tertiary/aromatic N) is 5. The van der Waals surface area contributed by atoms with Crippen molar-refractivity contribution in [2.45, 2.75) is 37.5 Å². The van der Waals surface area contributed by atoms with Crippen molar-refractivity contribution in [2.24, 2.45) is 18.7 Å². The van der Waals surface area contributed by atoms with Crippen LogP contribution in [0.2, 0.25) is 0 Å². The lowest BCUT2D eigenvalue weighted by Gasteiger charge is -2.38. The number of halogens is 2. The van der Waals surface area contributed by atoms with E-state index < -0.39 is 24.2 Å². The fraction of sp³-hybridized carbons (Fsp3) is 0.400. The number of nitrogens with one attached hydrogen (secondary N) is 1. The van der Waals surface area contributed by atoms with E-state index in [0.29, 0.717) is 23.0 Å². The number of primary amides is 1. The molecule has 1 aliphatic heterocycles. The number of carbonyl (C=O) groups excluding carboxylic acids is 2. The molecule has 0 unspecified atom stereocenters. The second kappa shape index (κ2) is 9.29. The SMILES string of the molecule is Cn1cc(Nc2nc(N3CCC(F)(F)[C@H](CC(=O)c4ccc(C5CC5)cc4)C3)cnc2C(N)=O)cn1. The average molecular weight is 496 g/mol. The van der Waals surface area contributed by atoms with E-state index in [9.17, 15) is 18.4 Å². The van der Waals surface area contributed by atoms with Crippen molar-refractivity contribution in [3.8, 4) is 0 Å². The van der Waals surface area contributed by atoms with Gasteiger partial charge in [0.15, 0.2) is 17.3 Å². The van der Waals surface area contributed by atoms with Crippen molar-refractivity contribution in [3.63, 3.8) is 0 Å². The number of benzene rings is 1. The maximum atomic E-state index is 14.9. The van der Waals surface area contributed by atoms with Gasteiger partial charge in [0.05, 0.1) is 18.1 Å². The predicted octanol–water partition coefficient (Wildman–Crippen LogP) is 3.66. The quantitative estimate of drug-likeness (QED) is 0.458. The number of aromatic nitrogens is 4. The zero-order valence-electron chi connectivity index (χ0n) is 19.8. The molecule has 11 heteroatoms. The number of hydrogen-bond donors (Lipinski definition) is 2. The average Bonchev–Trinajstić information content (AvgIpc) is 3.62. The predicted molar refractivity (Wildman–Crippen MR) is 130 cm³/mol. The van der Waals surface area contributed by atoms with Crippen LogP contribution in [0.25, 0.3) is 0 Å². The van der Waals surface area contributed by atoms with Crippen LogP contribution in [0.1, 0.15) is 58.0 Å². The molecule has 2 fully saturated rings. The van der Waals surface area contributed by atoms with E-state index in [2.05, 4.69) is 20.4 Å². The maximum absolute atomic E-state index is 14.9. The minimum atomic E-state index is -2.99. The van der Waals surface area contributed by atoms with Crippen LogP contribution in [0.3, 0.4) is 0 Å². The van der Waals surface area contributed by atoms with Gasteiger partial charge in [0.25, 0.3) is 11.8 Å². The van der Waals surface area contributed by atoms with E-state index >= 15 is 0 Å². The van der Waals surface area contributed by atoms with Crippen molar-refractivity contribution in [1.29, 1.82) is 0 Å². The smallest absolute Gasteiger partial charge is 0.271 e. The van der Waals surface area contributed by atoms with Crippen LogP contribution < -0.4 is 16.0 Å². The molecule has 1 atom stereocenters. The summed E-state index contributed by atoms with van der Waals surface area (Å²) in [6.45, 7) is -0.0411. The summed E-state index contributed by atoms with van der Waals surface area (Å²) in [5.74, 6) is -4.28. The lowest BCUT2D eigenvalue weighted by molar-refractivity contribution is -0.0719. The van der Waals surface area contributed by atoms with Crippen LogP contribution >= 0.6 is 0 Å². The molecule has 0 spiro atoms. The number of piperidine rings is 1. The van der Waals surface area contributed by atoms with Crippen LogP contribution in [0, 0.1) is 5.92 Å². The van der Waals surface area contributed by atoms with Gasteiger partial charge in [-0.25, -0.2) is 18.7 Å². The first-order valence-corrected chi connectivity index (χ1v) is 11.9. The van der Waals surface area contributed by atoms with Gasteiger partial charge in [-0.3, -0.25) is 14.3 Å². The zero-order valence-corrected chi connectivity index (χ0v) is 19.8. The van der Waals surface area contributed by atoms with Gasteiger partial charge in [0.2, 0.25) is 0 Å². The van der Waals surface area contributed by atoms with Gasteiger partial charge < -0.3 is 16.0 Å². The number of amides is 1. The molecule has 1 saturated carbocycles. The molecule has 3 N–H and O–H groups in total. The molecule has 0 bridgehead atoms.